The Labute approximate surface area is 92.9 Å². The van der Waals surface area contributed by atoms with Gasteiger partial charge in [0.15, 0.2) is 0 Å². The first-order valence-corrected chi connectivity index (χ1v) is 4.95. The van der Waals surface area contributed by atoms with Crippen LogP contribution in [-0.4, -0.2) is 11.2 Å². The molecule has 0 aromatic heterocycles. The van der Waals surface area contributed by atoms with Crippen LogP contribution in [-0.2, 0) is 6.54 Å². The third-order valence-electron chi connectivity index (χ3n) is 2.30. The van der Waals surface area contributed by atoms with Crippen LogP contribution in [0.4, 0.5) is 4.79 Å². The average Bonchev–Trinajstić information content (AvgIpc) is 2.28. The Kier molecular flexibility index (Phi) is 3.03. The fourth-order valence-corrected chi connectivity index (χ4v) is 1.57. The molecule has 0 atom stereocenters. The van der Waals surface area contributed by atoms with Gasteiger partial charge in [-0.3, -0.25) is 5.43 Å². The summed E-state index contributed by atoms with van der Waals surface area (Å²) in [5, 5.41) is 10.7. The van der Waals surface area contributed by atoms with E-state index in [9.17, 15) is 4.79 Å². The molecule has 0 unspecified atom stereocenters. The summed E-state index contributed by atoms with van der Waals surface area (Å²) >= 11 is 0. The van der Waals surface area contributed by atoms with E-state index in [1.54, 1.807) is 0 Å². The molecule has 4 heteroatoms. The van der Waals surface area contributed by atoms with Gasteiger partial charge in [-0.05, 0) is 22.4 Å². The molecule has 16 heavy (non-hydrogen) atoms. The van der Waals surface area contributed by atoms with Crippen molar-refractivity contribution < 1.29 is 9.90 Å². The Bertz CT molecular complexity index is 511. The Morgan fingerprint density at radius 2 is 1.88 bits per heavy atom. The number of benzene rings is 2. The number of hydrazine groups is 1. The normalized spacial score (nSPS) is 10.2. The Morgan fingerprint density at radius 1 is 1.12 bits per heavy atom. The van der Waals surface area contributed by atoms with Crippen molar-refractivity contribution in [1.82, 2.24) is 10.9 Å². The van der Waals surface area contributed by atoms with Crippen LogP contribution < -0.4 is 10.9 Å². The molecule has 2 rings (SSSR count). The van der Waals surface area contributed by atoms with Crippen molar-refractivity contribution >= 4 is 16.9 Å². The van der Waals surface area contributed by atoms with Gasteiger partial charge in [-0.15, -0.1) is 0 Å². The van der Waals surface area contributed by atoms with Gasteiger partial charge < -0.3 is 5.11 Å². The summed E-state index contributed by atoms with van der Waals surface area (Å²) in [4.78, 5) is 10.2. The Balaban J connectivity index is 2.10. The monoisotopic (exact) mass is 216 g/mol. The van der Waals surface area contributed by atoms with Crippen molar-refractivity contribution in [2.75, 3.05) is 0 Å². The van der Waals surface area contributed by atoms with Gasteiger partial charge in [0.1, 0.15) is 0 Å². The van der Waals surface area contributed by atoms with Crippen molar-refractivity contribution in [2.45, 2.75) is 6.54 Å². The molecule has 0 fully saturated rings. The standard InChI is InChI=1S/C12H12N2O2/c15-12(16)14-13-8-9-5-6-10-3-1-2-4-11(10)7-9/h1-7,13-14H,8H2,(H,15,16). The molecule has 0 spiro atoms. The van der Waals surface area contributed by atoms with Crippen molar-refractivity contribution in [3.63, 3.8) is 0 Å². The molecule has 0 heterocycles. The lowest BCUT2D eigenvalue weighted by molar-refractivity contribution is 0.189. The molecular formula is C12H12N2O2. The maximum atomic E-state index is 10.2. The summed E-state index contributed by atoms with van der Waals surface area (Å²) < 4.78 is 0. The van der Waals surface area contributed by atoms with E-state index in [0.29, 0.717) is 6.54 Å². The van der Waals surface area contributed by atoms with Gasteiger partial charge in [0, 0.05) is 6.54 Å². The van der Waals surface area contributed by atoms with E-state index in [0.717, 1.165) is 10.9 Å². The summed E-state index contributed by atoms with van der Waals surface area (Å²) in [5.41, 5.74) is 5.76. The van der Waals surface area contributed by atoms with E-state index in [1.165, 1.54) is 5.39 Å². The fraction of sp³-hybridized carbons (Fsp3) is 0.0833. The topological polar surface area (TPSA) is 61.4 Å². The highest BCUT2D eigenvalue weighted by atomic mass is 16.4. The summed E-state index contributed by atoms with van der Waals surface area (Å²) in [6.45, 7) is 0.469. The highest BCUT2D eigenvalue weighted by Gasteiger charge is 1.97. The van der Waals surface area contributed by atoms with Crippen molar-refractivity contribution in [2.24, 2.45) is 0 Å². The van der Waals surface area contributed by atoms with Crippen LogP contribution >= 0.6 is 0 Å². The molecule has 3 N–H and O–H groups in total. The molecule has 2 aromatic rings. The van der Waals surface area contributed by atoms with Gasteiger partial charge in [0.2, 0.25) is 0 Å². The van der Waals surface area contributed by atoms with Crippen LogP contribution in [0, 0.1) is 0 Å². The molecule has 0 radical (unpaired) electrons. The number of fused-ring (bicyclic) bond motifs is 1. The molecule has 2 aromatic carbocycles. The zero-order valence-electron chi connectivity index (χ0n) is 8.60. The highest BCUT2D eigenvalue weighted by molar-refractivity contribution is 5.82. The first-order valence-electron chi connectivity index (χ1n) is 4.95. The van der Waals surface area contributed by atoms with Gasteiger partial charge in [0.25, 0.3) is 0 Å². The van der Waals surface area contributed by atoms with E-state index >= 15 is 0 Å². The zero-order chi connectivity index (χ0) is 11.4. The summed E-state index contributed by atoms with van der Waals surface area (Å²) in [6.07, 6.45) is -1.08. The predicted molar refractivity (Wildman–Crippen MR) is 61.9 cm³/mol. The van der Waals surface area contributed by atoms with Gasteiger partial charge >= 0.3 is 6.09 Å². The van der Waals surface area contributed by atoms with Crippen LogP contribution in [0.3, 0.4) is 0 Å². The molecule has 0 aliphatic carbocycles. The minimum atomic E-state index is -1.08. The number of hydrogen-bond donors (Lipinski definition) is 3. The first-order chi connectivity index (χ1) is 7.75. The molecular weight excluding hydrogens is 204 g/mol. The number of amides is 1. The molecule has 0 saturated heterocycles. The number of carbonyl (C=O) groups is 1. The van der Waals surface area contributed by atoms with Crippen LogP contribution in [0.25, 0.3) is 10.8 Å². The number of carboxylic acid groups (broad SMARTS) is 1. The minimum Gasteiger partial charge on any atom is -0.464 e. The maximum absolute atomic E-state index is 10.2. The van der Waals surface area contributed by atoms with Crippen LogP contribution in [0.5, 0.6) is 0 Å². The van der Waals surface area contributed by atoms with Crippen molar-refractivity contribution in [3.8, 4) is 0 Å². The van der Waals surface area contributed by atoms with E-state index in [1.807, 2.05) is 42.5 Å². The number of rotatable bonds is 3. The average molecular weight is 216 g/mol. The molecule has 0 saturated carbocycles. The summed E-state index contributed by atoms with van der Waals surface area (Å²) in [5.74, 6) is 0. The second-order valence-corrected chi connectivity index (χ2v) is 3.47. The molecule has 0 aliphatic heterocycles. The third kappa shape index (κ3) is 2.49. The zero-order valence-corrected chi connectivity index (χ0v) is 8.60. The molecule has 0 aliphatic rings. The van der Waals surface area contributed by atoms with E-state index < -0.39 is 6.09 Å². The first kappa shape index (κ1) is 10.4. The Hall–Kier alpha value is -2.07. The smallest absolute Gasteiger partial charge is 0.419 e. The minimum absolute atomic E-state index is 0.469. The highest BCUT2D eigenvalue weighted by Crippen LogP contribution is 2.15. The van der Waals surface area contributed by atoms with E-state index in [4.69, 9.17) is 5.11 Å². The molecule has 82 valence electrons. The molecule has 1 amide bonds. The quantitative estimate of drug-likeness (QED) is 0.688. The second-order valence-electron chi connectivity index (χ2n) is 3.47. The maximum Gasteiger partial charge on any atom is 0.419 e. The van der Waals surface area contributed by atoms with E-state index in [-0.39, 0.29) is 0 Å². The second kappa shape index (κ2) is 4.63. The van der Waals surface area contributed by atoms with Crippen LogP contribution in [0.2, 0.25) is 0 Å². The van der Waals surface area contributed by atoms with Gasteiger partial charge in [-0.25, -0.2) is 10.2 Å². The van der Waals surface area contributed by atoms with Crippen LogP contribution in [0.15, 0.2) is 42.5 Å². The van der Waals surface area contributed by atoms with E-state index in [2.05, 4.69) is 10.9 Å². The third-order valence-corrected chi connectivity index (χ3v) is 2.30. The lowest BCUT2D eigenvalue weighted by Crippen LogP contribution is -2.35. The number of hydrogen-bond acceptors (Lipinski definition) is 2. The van der Waals surface area contributed by atoms with Crippen LogP contribution in [0.1, 0.15) is 5.56 Å². The predicted octanol–water partition coefficient (Wildman–Crippen LogP) is 2.11. The summed E-state index contributed by atoms with van der Waals surface area (Å²) in [7, 11) is 0. The van der Waals surface area contributed by atoms with Gasteiger partial charge in [0.05, 0.1) is 0 Å². The lowest BCUT2D eigenvalue weighted by atomic mass is 10.1. The molecule has 4 nitrogen and oxygen atoms in total. The fourth-order valence-electron chi connectivity index (χ4n) is 1.57. The molecule has 0 bridgehead atoms. The van der Waals surface area contributed by atoms with Gasteiger partial charge in [-0.1, -0.05) is 36.4 Å². The Morgan fingerprint density at radius 3 is 2.62 bits per heavy atom. The van der Waals surface area contributed by atoms with Crippen molar-refractivity contribution in [3.05, 3.63) is 48.0 Å². The SMILES string of the molecule is O=C(O)NNCc1ccc2ccccc2c1. The summed E-state index contributed by atoms with van der Waals surface area (Å²) in [6, 6.07) is 14.1. The largest absolute Gasteiger partial charge is 0.464 e. The van der Waals surface area contributed by atoms with Crippen molar-refractivity contribution in [1.29, 1.82) is 0 Å². The number of nitrogens with one attached hydrogen (secondary N) is 2. The van der Waals surface area contributed by atoms with Gasteiger partial charge in [-0.2, -0.15) is 0 Å². The lowest BCUT2D eigenvalue weighted by Gasteiger charge is -2.05.